The van der Waals surface area contributed by atoms with Gasteiger partial charge in [0, 0.05) is 29.5 Å². The third kappa shape index (κ3) is 4.85. The second-order valence-electron chi connectivity index (χ2n) is 9.06. The molecule has 0 spiro atoms. The van der Waals surface area contributed by atoms with Crippen molar-refractivity contribution in [2.45, 2.75) is 12.1 Å². The molecule has 6 rings (SSSR count). The van der Waals surface area contributed by atoms with E-state index in [0.29, 0.717) is 5.11 Å². The average molecular weight is 533 g/mol. The third-order valence-electron chi connectivity index (χ3n) is 6.65. The van der Waals surface area contributed by atoms with Gasteiger partial charge in [-0.15, -0.1) is 0 Å². The lowest BCUT2D eigenvalue weighted by Gasteiger charge is -2.29. The molecule has 3 aromatic carbocycles. The molecule has 0 aliphatic carbocycles. The number of thiocarbonyl (C=S) groups is 1. The van der Waals surface area contributed by atoms with Crippen LogP contribution in [0.5, 0.6) is 11.5 Å². The van der Waals surface area contributed by atoms with Gasteiger partial charge in [0.25, 0.3) is 0 Å². The van der Waals surface area contributed by atoms with Gasteiger partial charge in [-0.3, -0.25) is 4.98 Å². The number of aromatic nitrogens is 2. The molecule has 3 heterocycles. The zero-order chi connectivity index (χ0) is 26.8. The van der Waals surface area contributed by atoms with Crippen molar-refractivity contribution in [3.63, 3.8) is 0 Å². The minimum atomic E-state index is -0.972. The Balaban J connectivity index is 1.41. The molecule has 0 saturated carbocycles. The van der Waals surface area contributed by atoms with E-state index in [1.54, 1.807) is 24.4 Å². The number of anilines is 1. The molecule has 0 radical (unpaired) electrons. The van der Waals surface area contributed by atoms with Crippen molar-refractivity contribution in [3.05, 3.63) is 139 Å². The van der Waals surface area contributed by atoms with Crippen LogP contribution >= 0.6 is 12.2 Å². The molecule has 1 aliphatic heterocycles. The molecular weight excluding hydrogens is 508 g/mol. The Bertz CT molecular complexity index is 1620. The first-order chi connectivity index (χ1) is 19.1. The quantitative estimate of drug-likeness (QED) is 0.230. The molecule has 8 heteroatoms. The molecule has 1 aliphatic rings. The summed E-state index contributed by atoms with van der Waals surface area (Å²) in [5.74, 6) is 0.507. The number of para-hydroxylation sites is 1. The molecule has 0 bridgehead atoms. The zero-order valence-corrected chi connectivity index (χ0v) is 21.5. The summed E-state index contributed by atoms with van der Waals surface area (Å²) in [4.78, 5) is 18.4. The van der Waals surface area contributed by atoms with Crippen LogP contribution in [0.2, 0.25) is 0 Å². The number of rotatable bonds is 7. The van der Waals surface area contributed by atoms with Gasteiger partial charge in [0.1, 0.15) is 17.5 Å². The molecule has 192 valence electrons. The van der Waals surface area contributed by atoms with Crippen LogP contribution in [0.4, 0.5) is 5.69 Å². The number of nitrogens with zero attached hydrogens (tertiary/aromatic N) is 3. The first-order valence-corrected chi connectivity index (χ1v) is 12.8. The zero-order valence-electron chi connectivity index (χ0n) is 20.7. The van der Waals surface area contributed by atoms with Gasteiger partial charge >= 0.3 is 5.97 Å². The fourth-order valence-electron chi connectivity index (χ4n) is 4.89. The number of benzene rings is 3. The van der Waals surface area contributed by atoms with Gasteiger partial charge in [-0.05, 0) is 91.1 Å². The van der Waals surface area contributed by atoms with E-state index in [1.807, 2.05) is 102 Å². The molecule has 2 atom stereocenters. The lowest BCUT2D eigenvalue weighted by molar-refractivity contribution is 0.0697. The van der Waals surface area contributed by atoms with Crippen LogP contribution in [-0.2, 0) is 0 Å². The largest absolute Gasteiger partial charge is 0.478 e. The molecule has 5 aromatic rings. The summed E-state index contributed by atoms with van der Waals surface area (Å²) in [6.45, 7) is 0. The number of aromatic carboxylic acids is 1. The molecule has 2 aromatic heterocycles. The molecule has 39 heavy (non-hydrogen) atoms. The first-order valence-electron chi connectivity index (χ1n) is 12.4. The van der Waals surface area contributed by atoms with E-state index in [0.717, 1.165) is 34.3 Å². The van der Waals surface area contributed by atoms with Crippen LogP contribution in [0.3, 0.4) is 0 Å². The Hall–Kier alpha value is -4.95. The van der Waals surface area contributed by atoms with Gasteiger partial charge in [-0.2, -0.15) is 0 Å². The highest BCUT2D eigenvalue weighted by molar-refractivity contribution is 7.80. The molecule has 1 saturated heterocycles. The van der Waals surface area contributed by atoms with Crippen molar-refractivity contribution in [2.24, 2.45) is 0 Å². The Morgan fingerprint density at radius 3 is 2.36 bits per heavy atom. The number of pyridine rings is 1. The number of hydrogen-bond donors (Lipinski definition) is 2. The Morgan fingerprint density at radius 2 is 1.62 bits per heavy atom. The van der Waals surface area contributed by atoms with Gasteiger partial charge < -0.3 is 24.6 Å². The highest BCUT2D eigenvalue weighted by Crippen LogP contribution is 2.42. The summed E-state index contributed by atoms with van der Waals surface area (Å²) in [6.07, 6.45) is 3.70. The van der Waals surface area contributed by atoms with Gasteiger partial charge in [-0.1, -0.05) is 30.3 Å². The van der Waals surface area contributed by atoms with Crippen LogP contribution in [0.25, 0.3) is 5.69 Å². The highest BCUT2D eigenvalue weighted by atomic mass is 32.1. The summed E-state index contributed by atoms with van der Waals surface area (Å²) in [7, 11) is 0. The molecule has 1 fully saturated rings. The van der Waals surface area contributed by atoms with Gasteiger partial charge in [0.05, 0.1) is 17.3 Å². The monoisotopic (exact) mass is 532 g/mol. The van der Waals surface area contributed by atoms with Gasteiger partial charge in [-0.25, -0.2) is 4.79 Å². The smallest absolute Gasteiger partial charge is 0.335 e. The average Bonchev–Trinajstić information content (AvgIpc) is 3.59. The number of carbonyl (C=O) groups is 1. The standard InChI is InChI=1S/C31H24N4O3S/c36-30(37)21-8-6-9-23(20-21)34-19-7-13-27(34)29-28(26-12-4-5-18-32-26)33-31(39)35(29)22-14-16-25(17-15-22)38-24-10-2-1-3-11-24/h1-20,28-29H,(H,33,39)(H,36,37)/t28-,29-/m1/s1. The maximum absolute atomic E-state index is 11.7. The molecular formula is C31H24N4O3S. The summed E-state index contributed by atoms with van der Waals surface area (Å²) < 4.78 is 7.99. The van der Waals surface area contributed by atoms with Crippen LogP contribution in [0.1, 0.15) is 33.8 Å². The summed E-state index contributed by atoms with van der Waals surface area (Å²) >= 11 is 5.87. The fourth-order valence-corrected chi connectivity index (χ4v) is 5.24. The first kappa shape index (κ1) is 24.4. The van der Waals surface area contributed by atoms with Gasteiger partial charge in [0.15, 0.2) is 5.11 Å². The summed E-state index contributed by atoms with van der Waals surface area (Å²) in [5.41, 5.74) is 3.65. The van der Waals surface area contributed by atoms with Crippen molar-refractivity contribution >= 4 is 29.0 Å². The van der Waals surface area contributed by atoms with E-state index in [2.05, 4.69) is 15.2 Å². The number of ether oxygens (including phenoxy) is 1. The van der Waals surface area contributed by atoms with Crippen molar-refractivity contribution in [2.75, 3.05) is 4.90 Å². The maximum Gasteiger partial charge on any atom is 0.335 e. The Labute approximate surface area is 230 Å². The highest BCUT2D eigenvalue weighted by Gasteiger charge is 2.42. The predicted octanol–water partition coefficient (Wildman–Crippen LogP) is 6.54. The van der Waals surface area contributed by atoms with Crippen LogP contribution < -0.4 is 15.0 Å². The molecule has 0 unspecified atom stereocenters. The van der Waals surface area contributed by atoms with Crippen molar-refractivity contribution in [1.82, 2.24) is 14.9 Å². The van der Waals surface area contributed by atoms with Crippen molar-refractivity contribution in [1.29, 1.82) is 0 Å². The van der Waals surface area contributed by atoms with Crippen molar-refractivity contribution in [3.8, 4) is 17.2 Å². The van der Waals surface area contributed by atoms with Crippen molar-refractivity contribution < 1.29 is 14.6 Å². The lowest BCUT2D eigenvalue weighted by Crippen LogP contribution is -2.30. The summed E-state index contributed by atoms with van der Waals surface area (Å²) in [6, 6.07) is 33.6. The van der Waals surface area contributed by atoms with E-state index in [1.165, 1.54) is 0 Å². The molecule has 2 N–H and O–H groups in total. The number of nitrogens with one attached hydrogen (secondary N) is 1. The van der Waals surface area contributed by atoms with E-state index >= 15 is 0 Å². The number of carboxylic acid groups (broad SMARTS) is 1. The van der Waals surface area contributed by atoms with E-state index in [9.17, 15) is 9.90 Å². The molecule has 0 amide bonds. The Morgan fingerprint density at radius 1 is 0.846 bits per heavy atom. The van der Waals surface area contributed by atoms with E-state index < -0.39 is 5.97 Å². The second-order valence-corrected chi connectivity index (χ2v) is 9.45. The SMILES string of the molecule is O=C(O)c1cccc(-n2cccc2[C@@H]2[C@@H](c3ccccn3)NC(=S)N2c2ccc(Oc3ccccc3)cc2)c1. The topological polar surface area (TPSA) is 79.6 Å². The minimum Gasteiger partial charge on any atom is -0.478 e. The summed E-state index contributed by atoms with van der Waals surface area (Å²) in [5, 5.41) is 13.6. The third-order valence-corrected chi connectivity index (χ3v) is 6.96. The number of carboxylic acids is 1. The maximum atomic E-state index is 11.7. The van der Waals surface area contributed by atoms with E-state index in [4.69, 9.17) is 17.0 Å². The lowest BCUT2D eigenvalue weighted by atomic mass is 10.0. The fraction of sp³-hybridized carbons (Fsp3) is 0.0645. The predicted molar refractivity (Wildman–Crippen MR) is 154 cm³/mol. The normalized spacial score (nSPS) is 16.6. The Kier molecular flexibility index (Phi) is 6.52. The van der Waals surface area contributed by atoms with Crippen LogP contribution in [0.15, 0.2) is 122 Å². The number of hydrogen-bond acceptors (Lipinski definition) is 4. The van der Waals surface area contributed by atoms with Crippen LogP contribution in [-0.4, -0.2) is 25.7 Å². The van der Waals surface area contributed by atoms with E-state index in [-0.39, 0.29) is 17.6 Å². The second kappa shape index (κ2) is 10.4. The van der Waals surface area contributed by atoms with Gasteiger partial charge in [0.2, 0.25) is 0 Å². The molecule has 7 nitrogen and oxygen atoms in total. The van der Waals surface area contributed by atoms with Crippen LogP contribution in [0, 0.1) is 0 Å². The minimum absolute atomic E-state index is 0.222.